The second-order valence-electron chi connectivity index (χ2n) is 9.04. The number of rotatable bonds is 5. The van der Waals surface area contributed by atoms with Gasteiger partial charge in [-0.25, -0.2) is 4.79 Å². The molecule has 0 saturated heterocycles. The zero-order valence-electron chi connectivity index (χ0n) is 19.9. The van der Waals surface area contributed by atoms with Gasteiger partial charge in [0.1, 0.15) is 0 Å². The van der Waals surface area contributed by atoms with Crippen molar-refractivity contribution in [1.29, 1.82) is 0 Å². The Hall–Kier alpha value is -3.44. The number of aromatic nitrogens is 1. The highest BCUT2D eigenvalue weighted by Crippen LogP contribution is 2.44. The summed E-state index contributed by atoms with van der Waals surface area (Å²) in [5.74, 6) is 0.0438. The molecule has 4 nitrogen and oxygen atoms in total. The average Bonchev–Trinajstić information content (AvgIpc) is 3.46. The number of para-hydroxylation sites is 1. The van der Waals surface area contributed by atoms with Crippen LogP contribution in [0.2, 0.25) is 0 Å². The van der Waals surface area contributed by atoms with Gasteiger partial charge in [-0.2, -0.15) is 0 Å². The zero-order valence-corrected chi connectivity index (χ0v) is 20.7. The maximum Gasteiger partial charge on any atom is 0.331 e. The number of hydrogen-bond donors (Lipinski definition) is 0. The van der Waals surface area contributed by atoms with Gasteiger partial charge in [0, 0.05) is 46.5 Å². The molecule has 2 aromatic heterocycles. The van der Waals surface area contributed by atoms with Crippen molar-refractivity contribution in [3.05, 3.63) is 93.3 Å². The molecule has 0 aliphatic heterocycles. The smallest absolute Gasteiger partial charge is 0.318 e. The van der Waals surface area contributed by atoms with Crippen LogP contribution in [0.4, 0.5) is 0 Å². The van der Waals surface area contributed by atoms with Crippen LogP contribution in [0.3, 0.4) is 0 Å². The van der Waals surface area contributed by atoms with Crippen molar-refractivity contribution in [3.63, 3.8) is 0 Å². The molecule has 1 aliphatic rings. The lowest BCUT2D eigenvalue weighted by molar-refractivity contribution is -0.140. The molecule has 4 aromatic rings. The lowest BCUT2D eigenvalue weighted by Crippen LogP contribution is -2.23. The Bertz CT molecular complexity index is 1410. The maximum absolute atomic E-state index is 11.6. The van der Waals surface area contributed by atoms with E-state index in [1.54, 1.807) is 11.3 Å². The molecule has 1 aliphatic carbocycles. The molecule has 0 fully saturated rings. The fourth-order valence-corrected chi connectivity index (χ4v) is 5.59. The standard InChI is InChI=1S/C29H28N2O2S/c1-18-11-13-22(14-12-18)31-28-10-6-5-9-24(28)26-17-25(19(2)20(3)29(26)31)27(30-33-21(4)32)16-23-8-7-15-34-23/h5-15,17,19-20H,16H2,1-4H3. The minimum absolute atomic E-state index is 0.204. The fourth-order valence-electron chi connectivity index (χ4n) is 4.88. The molecule has 0 amide bonds. The lowest BCUT2D eigenvalue weighted by atomic mass is 9.77. The number of fused-ring (bicyclic) bond motifs is 3. The number of hydrogen-bond acceptors (Lipinski definition) is 4. The quantitative estimate of drug-likeness (QED) is 0.175. The second-order valence-corrected chi connectivity index (χ2v) is 10.1. The highest BCUT2D eigenvalue weighted by atomic mass is 32.1. The van der Waals surface area contributed by atoms with Crippen molar-refractivity contribution in [3.8, 4) is 5.69 Å². The summed E-state index contributed by atoms with van der Waals surface area (Å²) in [7, 11) is 0. The minimum Gasteiger partial charge on any atom is -0.318 e. The zero-order chi connectivity index (χ0) is 23.8. The lowest BCUT2D eigenvalue weighted by Gasteiger charge is -2.30. The molecule has 5 heteroatoms. The Morgan fingerprint density at radius 3 is 2.50 bits per heavy atom. The highest BCUT2D eigenvalue weighted by Gasteiger charge is 2.33. The molecular weight excluding hydrogens is 440 g/mol. The molecule has 2 unspecified atom stereocenters. The van der Waals surface area contributed by atoms with Crippen LogP contribution < -0.4 is 0 Å². The van der Waals surface area contributed by atoms with E-state index in [2.05, 4.69) is 96.5 Å². The van der Waals surface area contributed by atoms with Crippen LogP contribution in [0, 0.1) is 12.8 Å². The number of carbonyl (C=O) groups is 1. The van der Waals surface area contributed by atoms with Crippen LogP contribution in [-0.2, 0) is 16.1 Å². The summed E-state index contributed by atoms with van der Waals surface area (Å²) in [6, 6.07) is 21.4. The summed E-state index contributed by atoms with van der Waals surface area (Å²) in [5, 5.41) is 7.62. The van der Waals surface area contributed by atoms with Gasteiger partial charge in [0.2, 0.25) is 0 Å². The molecule has 172 valence electrons. The van der Waals surface area contributed by atoms with Crippen LogP contribution in [-0.4, -0.2) is 16.2 Å². The van der Waals surface area contributed by atoms with Gasteiger partial charge >= 0.3 is 5.97 Å². The molecule has 0 N–H and O–H groups in total. The Balaban J connectivity index is 1.71. The third-order valence-electron chi connectivity index (χ3n) is 6.76. The Morgan fingerprint density at radius 2 is 1.79 bits per heavy atom. The predicted molar refractivity (Wildman–Crippen MR) is 141 cm³/mol. The summed E-state index contributed by atoms with van der Waals surface area (Å²) in [6.45, 7) is 8.04. The predicted octanol–water partition coefficient (Wildman–Crippen LogP) is 7.30. The minimum atomic E-state index is -0.405. The van der Waals surface area contributed by atoms with Crippen LogP contribution in [0.5, 0.6) is 0 Å². The molecule has 0 radical (unpaired) electrons. The first-order chi connectivity index (χ1) is 16.4. The Labute approximate surface area is 204 Å². The number of thiophene rings is 1. The van der Waals surface area contributed by atoms with Gasteiger partial charge in [-0.15, -0.1) is 11.3 Å². The Morgan fingerprint density at radius 1 is 1.03 bits per heavy atom. The van der Waals surface area contributed by atoms with Crippen molar-refractivity contribution in [2.45, 2.75) is 40.0 Å². The van der Waals surface area contributed by atoms with E-state index in [0.717, 1.165) is 11.3 Å². The van der Waals surface area contributed by atoms with Crippen molar-refractivity contribution >= 4 is 40.0 Å². The van der Waals surface area contributed by atoms with E-state index in [0.29, 0.717) is 6.42 Å². The molecule has 2 aromatic carbocycles. The highest BCUT2D eigenvalue weighted by molar-refractivity contribution is 7.10. The number of carbonyl (C=O) groups excluding carboxylic acids is 1. The molecule has 0 spiro atoms. The van der Waals surface area contributed by atoms with E-state index in [1.807, 2.05) is 6.07 Å². The number of aryl methyl sites for hydroxylation is 1. The van der Waals surface area contributed by atoms with Crippen LogP contribution >= 0.6 is 11.3 Å². The maximum atomic E-state index is 11.6. The number of allylic oxidation sites excluding steroid dienone is 1. The molecule has 0 bridgehead atoms. The first-order valence-corrected chi connectivity index (χ1v) is 12.5. The van der Waals surface area contributed by atoms with Crippen molar-refractivity contribution in [1.82, 2.24) is 4.57 Å². The van der Waals surface area contributed by atoms with E-state index >= 15 is 0 Å². The van der Waals surface area contributed by atoms with E-state index in [4.69, 9.17) is 4.84 Å². The third kappa shape index (κ3) is 4.01. The van der Waals surface area contributed by atoms with Gasteiger partial charge < -0.3 is 9.40 Å². The molecular formula is C29H28N2O2S. The Kier molecular flexibility index (Phi) is 5.96. The van der Waals surface area contributed by atoms with Gasteiger partial charge in [-0.05, 0) is 54.1 Å². The van der Waals surface area contributed by atoms with Crippen molar-refractivity contribution in [2.75, 3.05) is 0 Å². The molecule has 2 atom stereocenters. The van der Waals surface area contributed by atoms with Gasteiger partial charge in [-0.3, -0.25) is 0 Å². The van der Waals surface area contributed by atoms with Crippen LogP contribution in [0.25, 0.3) is 22.7 Å². The summed E-state index contributed by atoms with van der Waals surface area (Å²) in [6.07, 6.45) is 2.91. The molecule has 34 heavy (non-hydrogen) atoms. The number of nitrogens with zero attached hydrogens (tertiary/aromatic N) is 2. The summed E-state index contributed by atoms with van der Waals surface area (Å²) >= 11 is 1.69. The van der Waals surface area contributed by atoms with Crippen molar-refractivity contribution in [2.24, 2.45) is 11.1 Å². The first kappa shape index (κ1) is 22.4. The van der Waals surface area contributed by atoms with Gasteiger partial charge in [-0.1, -0.05) is 61.0 Å². The van der Waals surface area contributed by atoms with E-state index in [9.17, 15) is 4.79 Å². The topological polar surface area (TPSA) is 43.6 Å². The van der Waals surface area contributed by atoms with Crippen molar-refractivity contribution < 1.29 is 9.63 Å². The monoisotopic (exact) mass is 468 g/mol. The van der Waals surface area contributed by atoms with E-state index in [1.165, 1.54) is 45.2 Å². The van der Waals surface area contributed by atoms with E-state index in [-0.39, 0.29) is 11.8 Å². The van der Waals surface area contributed by atoms with E-state index < -0.39 is 5.97 Å². The fraction of sp³-hybridized carbons (Fsp3) is 0.241. The summed E-state index contributed by atoms with van der Waals surface area (Å²) in [4.78, 5) is 17.9. The molecule has 5 rings (SSSR count). The van der Waals surface area contributed by atoms with Gasteiger partial charge in [0.05, 0.1) is 11.2 Å². The second kappa shape index (κ2) is 9.07. The van der Waals surface area contributed by atoms with Gasteiger partial charge in [0.15, 0.2) is 0 Å². The largest absolute Gasteiger partial charge is 0.331 e. The SMILES string of the molecule is CC(=O)ON=C(Cc1cccs1)C1=Cc2c(n(-c3ccc(C)cc3)c3ccccc23)C(C)C1C. The molecule has 0 saturated carbocycles. The number of benzene rings is 2. The average molecular weight is 469 g/mol. The first-order valence-electron chi connectivity index (χ1n) is 11.6. The normalized spacial score (nSPS) is 18.0. The van der Waals surface area contributed by atoms with Gasteiger partial charge in [0.25, 0.3) is 0 Å². The number of oxime groups is 1. The van der Waals surface area contributed by atoms with Crippen LogP contribution in [0.15, 0.2) is 76.8 Å². The molecule has 2 heterocycles. The third-order valence-corrected chi connectivity index (χ3v) is 7.63. The summed E-state index contributed by atoms with van der Waals surface area (Å²) in [5.41, 5.74) is 8.09. The summed E-state index contributed by atoms with van der Waals surface area (Å²) < 4.78 is 2.40. The van der Waals surface area contributed by atoms with Crippen LogP contribution in [0.1, 0.15) is 48.4 Å².